The van der Waals surface area contributed by atoms with Crippen LogP contribution in [0.3, 0.4) is 0 Å². The highest BCUT2D eigenvalue weighted by atomic mass is 16.7. The summed E-state index contributed by atoms with van der Waals surface area (Å²) in [5.74, 6) is 1.68. The van der Waals surface area contributed by atoms with Gasteiger partial charge in [0.1, 0.15) is 0 Å². The third-order valence-corrected chi connectivity index (χ3v) is 3.94. The molecule has 0 saturated heterocycles. The molecule has 0 radical (unpaired) electrons. The molecule has 0 aromatic heterocycles. The summed E-state index contributed by atoms with van der Waals surface area (Å²) in [6.45, 7) is 2.43. The molecule has 1 aromatic carbocycles. The largest absolute Gasteiger partial charge is 0.454 e. The lowest BCUT2D eigenvalue weighted by Crippen LogP contribution is -2.39. The van der Waals surface area contributed by atoms with Crippen LogP contribution in [0.5, 0.6) is 11.5 Å². The second-order valence-electron chi connectivity index (χ2n) is 5.66. The molecule has 2 N–H and O–H groups in total. The highest BCUT2D eigenvalue weighted by molar-refractivity contribution is 5.50. The maximum atomic E-state index is 6.42. The number of aryl methyl sites for hydroxylation is 1. The number of likely N-dealkylation sites (N-methyl/N-ethyl adjacent to an activating group) is 1. The summed E-state index contributed by atoms with van der Waals surface area (Å²) in [7, 11) is 4.17. The number of fused-ring (bicyclic) bond motifs is 1. The van der Waals surface area contributed by atoms with Crippen molar-refractivity contribution in [3.63, 3.8) is 0 Å². The maximum absolute atomic E-state index is 6.42. The first-order chi connectivity index (χ1) is 8.51. The van der Waals surface area contributed by atoms with Crippen molar-refractivity contribution in [2.45, 2.75) is 31.3 Å². The van der Waals surface area contributed by atoms with E-state index < -0.39 is 0 Å². The molecule has 0 amide bonds. The number of nitrogens with zero attached hydrogens (tertiary/aromatic N) is 1. The quantitative estimate of drug-likeness (QED) is 0.886. The van der Waals surface area contributed by atoms with E-state index in [4.69, 9.17) is 15.2 Å². The molecule has 1 heterocycles. The second kappa shape index (κ2) is 3.87. The highest BCUT2D eigenvalue weighted by Crippen LogP contribution is 2.48. The van der Waals surface area contributed by atoms with Crippen LogP contribution in [-0.4, -0.2) is 31.3 Å². The molecular formula is C14H20N2O2. The minimum Gasteiger partial charge on any atom is -0.454 e. The topological polar surface area (TPSA) is 47.7 Å². The Morgan fingerprint density at radius 3 is 2.39 bits per heavy atom. The van der Waals surface area contributed by atoms with Gasteiger partial charge in [0, 0.05) is 5.54 Å². The van der Waals surface area contributed by atoms with Gasteiger partial charge in [0.2, 0.25) is 6.79 Å². The predicted molar refractivity (Wildman–Crippen MR) is 69.9 cm³/mol. The van der Waals surface area contributed by atoms with Crippen LogP contribution < -0.4 is 15.2 Å². The molecule has 1 fully saturated rings. The van der Waals surface area contributed by atoms with Crippen LogP contribution in [0.15, 0.2) is 12.1 Å². The number of rotatable bonds is 3. The molecule has 1 aliphatic heterocycles. The maximum Gasteiger partial charge on any atom is 0.231 e. The van der Waals surface area contributed by atoms with Gasteiger partial charge in [0.05, 0.1) is 6.04 Å². The van der Waals surface area contributed by atoms with Crippen LogP contribution in [0.2, 0.25) is 0 Å². The SMILES string of the molecule is Cc1cc2c(cc1C(N(C)C)C1(N)CC1)OCO2. The molecule has 0 spiro atoms. The first kappa shape index (κ1) is 11.8. The summed E-state index contributed by atoms with van der Waals surface area (Å²) >= 11 is 0. The fourth-order valence-corrected chi connectivity index (χ4v) is 2.87. The molecule has 98 valence electrons. The van der Waals surface area contributed by atoms with Crippen molar-refractivity contribution in [3.05, 3.63) is 23.3 Å². The number of hydrogen-bond donors (Lipinski definition) is 1. The van der Waals surface area contributed by atoms with E-state index in [1.54, 1.807) is 0 Å². The van der Waals surface area contributed by atoms with Crippen LogP contribution in [0, 0.1) is 6.92 Å². The lowest BCUT2D eigenvalue weighted by molar-refractivity contribution is 0.173. The molecule has 1 unspecified atom stereocenters. The van der Waals surface area contributed by atoms with Gasteiger partial charge in [-0.15, -0.1) is 0 Å². The summed E-state index contributed by atoms with van der Waals surface area (Å²) in [5, 5.41) is 0. The van der Waals surface area contributed by atoms with E-state index in [0.29, 0.717) is 6.79 Å². The minimum absolute atomic E-state index is 0.0814. The molecule has 0 bridgehead atoms. The Hall–Kier alpha value is -1.26. The van der Waals surface area contributed by atoms with Gasteiger partial charge in [-0.25, -0.2) is 0 Å². The molecule has 2 aliphatic rings. The number of ether oxygens (including phenoxy) is 2. The summed E-state index contributed by atoms with van der Waals surface area (Å²) in [5.41, 5.74) is 8.81. The van der Waals surface area contributed by atoms with E-state index >= 15 is 0 Å². The summed E-state index contributed by atoms with van der Waals surface area (Å²) in [6, 6.07) is 4.39. The summed E-state index contributed by atoms with van der Waals surface area (Å²) < 4.78 is 10.9. The minimum atomic E-state index is -0.0814. The fraction of sp³-hybridized carbons (Fsp3) is 0.571. The van der Waals surface area contributed by atoms with Crippen LogP contribution in [0.25, 0.3) is 0 Å². The number of benzene rings is 1. The second-order valence-corrected chi connectivity index (χ2v) is 5.66. The first-order valence-electron chi connectivity index (χ1n) is 6.37. The predicted octanol–water partition coefficient (Wildman–Crippen LogP) is 1.82. The van der Waals surface area contributed by atoms with Gasteiger partial charge in [-0.2, -0.15) is 0 Å². The fourth-order valence-electron chi connectivity index (χ4n) is 2.87. The van der Waals surface area contributed by atoms with Gasteiger partial charge in [-0.1, -0.05) is 0 Å². The van der Waals surface area contributed by atoms with Crippen molar-refractivity contribution in [1.82, 2.24) is 4.90 Å². The van der Waals surface area contributed by atoms with Crippen molar-refractivity contribution in [3.8, 4) is 11.5 Å². The first-order valence-corrected chi connectivity index (χ1v) is 6.37. The Morgan fingerprint density at radius 2 is 1.83 bits per heavy atom. The van der Waals surface area contributed by atoms with Crippen LogP contribution in [-0.2, 0) is 0 Å². The smallest absolute Gasteiger partial charge is 0.231 e. The van der Waals surface area contributed by atoms with E-state index in [1.165, 1.54) is 11.1 Å². The molecule has 4 nitrogen and oxygen atoms in total. The molecule has 1 atom stereocenters. The monoisotopic (exact) mass is 248 g/mol. The van der Waals surface area contributed by atoms with Crippen molar-refractivity contribution >= 4 is 0 Å². The van der Waals surface area contributed by atoms with Gasteiger partial charge in [0.15, 0.2) is 11.5 Å². The highest BCUT2D eigenvalue weighted by Gasteiger charge is 2.48. The van der Waals surface area contributed by atoms with E-state index in [1.807, 2.05) is 0 Å². The molecule has 3 rings (SSSR count). The summed E-state index contributed by atoms with van der Waals surface area (Å²) in [4.78, 5) is 2.21. The molecule has 1 aliphatic carbocycles. The van der Waals surface area contributed by atoms with E-state index in [9.17, 15) is 0 Å². The molecule has 1 aromatic rings. The lowest BCUT2D eigenvalue weighted by Gasteiger charge is -2.31. The van der Waals surface area contributed by atoms with Crippen LogP contribution in [0.1, 0.15) is 30.0 Å². The van der Waals surface area contributed by atoms with Gasteiger partial charge in [-0.3, -0.25) is 0 Å². The normalized spacial score (nSPS) is 21.2. The Labute approximate surface area is 108 Å². The molecule has 1 saturated carbocycles. The molecule has 4 heteroatoms. The van der Waals surface area contributed by atoms with Crippen LogP contribution >= 0.6 is 0 Å². The Bertz CT molecular complexity index is 481. The van der Waals surface area contributed by atoms with Gasteiger partial charge in [0.25, 0.3) is 0 Å². The van der Waals surface area contributed by atoms with Gasteiger partial charge in [-0.05, 0) is 57.1 Å². The Kier molecular flexibility index (Phi) is 2.54. The standard InChI is InChI=1S/C14H20N2O2/c1-9-6-11-12(18-8-17-11)7-10(9)13(16(2)3)14(15)4-5-14/h6-7,13H,4-5,8,15H2,1-3H3. The van der Waals surface area contributed by atoms with E-state index in [2.05, 4.69) is 38.1 Å². The van der Waals surface area contributed by atoms with Crippen molar-refractivity contribution in [2.24, 2.45) is 5.73 Å². The number of hydrogen-bond acceptors (Lipinski definition) is 4. The zero-order valence-electron chi connectivity index (χ0n) is 11.2. The zero-order chi connectivity index (χ0) is 12.9. The Morgan fingerprint density at radius 1 is 1.22 bits per heavy atom. The van der Waals surface area contributed by atoms with Crippen LogP contribution in [0.4, 0.5) is 0 Å². The zero-order valence-corrected chi connectivity index (χ0v) is 11.2. The van der Waals surface area contributed by atoms with Gasteiger partial charge >= 0.3 is 0 Å². The Balaban J connectivity index is 2.04. The third kappa shape index (κ3) is 1.76. The van der Waals surface area contributed by atoms with Gasteiger partial charge < -0.3 is 20.1 Å². The van der Waals surface area contributed by atoms with Crippen molar-refractivity contribution in [1.29, 1.82) is 0 Å². The average molecular weight is 248 g/mol. The van der Waals surface area contributed by atoms with Crippen molar-refractivity contribution in [2.75, 3.05) is 20.9 Å². The molecular weight excluding hydrogens is 228 g/mol. The molecule has 18 heavy (non-hydrogen) atoms. The van der Waals surface area contributed by atoms with E-state index in [0.717, 1.165) is 24.3 Å². The number of nitrogens with two attached hydrogens (primary N) is 1. The average Bonchev–Trinajstić information content (AvgIpc) is 2.86. The summed E-state index contributed by atoms with van der Waals surface area (Å²) in [6.07, 6.45) is 2.17. The van der Waals surface area contributed by atoms with E-state index in [-0.39, 0.29) is 11.6 Å². The third-order valence-electron chi connectivity index (χ3n) is 3.94. The lowest BCUT2D eigenvalue weighted by atomic mass is 9.92. The van der Waals surface area contributed by atoms with Crippen molar-refractivity contribution < 1.29 is 9.47 Å².